The van der Waals surface area contributed by atoms with Crippen molar-refractivity contribution in [3.8, 4) is 0 Å². The van der Waals surface area contributed by atoms with Gasteiger partial charge in [-0.05, 0) is 43.3 Å². The van der Waals surface area contributed by atoms with Crippen LogP contribution in [0, 0.1) is 6.92 Å². The van der Waals surface area contributed by atoms with E-state index >= 15 is 0 Å². The first-order valence-electron chi connectivity index (χ1n) is 7.69. The summed E-state index contributed by atoms with van der Waals surface area (Å²) in [7, 11) is -3.75. The average Bonchev–Trinajstić information content (AvgIpc) is 3.06. The van der Waals surface area contributed by atoms with Crippen LogP contribution in [-0.4, -0.2) is 35.3 Å². The molecular weight excluding hydrogens is 406 g/mol. The summed E-state index contributed by atoms with van der Waals surface area (Å²) < 4.78 is 27.8. The van der Waals surface area contributed by atoms with Crippen LogP contribution in [0.1, 0.15) is 5.01 Å². The van der Waals surface area contributed by atoms with Gasteiger partial charge in [0.2, 0.25) is 5.91 Å². The number of amides is 1. The Bertz CT molecular complexity index is 1020. The fourth-order valence-corrected chi connectivity index (χ4v) is 4.62. The average molecular weight is 422 g/mol. The van der Waals surface area contributed by atoms with Crippen LogP contribution in [-0.2, 0) is 14.8 Å². The van der Waals surface area contributed by atoms with Crippen molar-refractivity contribution in [2.75, 3.05) is 15.8 Å². The number of nitrogens with one attached hydrogen (secondary N) is 2. The highest BCUT2D eigenvalue weighted by Crippen LogP contribution is 2.22. The number of hydrogen-bond donors (Lipinski definition) is 2. The van der Waals surface area contributed by atoms with Crippen molar-refractivity contribution < 1.29 is 13.2 Å². The number of aryl methyl sites for hydroxylation is 1. The maximum Gasteiger partial charge on any atom is 0.263 e. The molecule has 2 N–H and O–H groups in total. The minimum atomic E-state index is -3.75. The summed E-state index contributed by atoms with van der Waals surface area (Å²) in [4.78, 5) is 16.0. The van der Waals surface area contributed by atoms with Gasteiger partial charge in [0.25, 0.3) is 10.0 Å². The van der Waals surface area contributed by atoms with E-state index in [0.29, 0.717) is 5.69 Å². The molecule has 0 aliphatic carbocycles. The number of benzene rings is 1. The lowest BCUT2D eigenvalue weighted by molar-refractivity contribution is -0.113. The third-order valence-electron chi connectivity index (χ3n) is 3.19. The third-order valence-corrected chi connectivity index (χ3v) is 6.53. The molecule has 0 aliphatic rings. The van der Waals surface area contributed by atoms with E-state index in [1.54, 1.807) is 18.2 Å². The monoisotopic (exact) mass is 421 g/mol. The molecule has 2 aromatic heterocycles. The van der Waals surface area contributed by atoms with Gasteiger partial charge in [-0.1, -0.05) is 29.2 Å². The van der Waals surface area contributed by atoms with Crippen LogP contribution >= 0.6 is 23.1 Å². The second kappa shape index (κ2) is 8.46. The van der Waals surface area contributed by atoms with Crippen molar-refractivity contribution in [1.82, 2.24) is 15.2 Å². The normalized spacial score (nSPS) is 11.1. The molecule has 2 heterocycles. The van der Waals surface area contributed by atoms with E-state index < -0.39 is 10.0 Å². The lowest BCUT2D eigenvalue weighted by Gasteiger charge is -2.08. The minimum absolute atomic E-state index is 0.0739. The molecule has 0 aliphatic heterocycles. The van der Waals surface area contributed by atoms with E-state index in [2.05, 4.69) is 25.2 Å². The van der Waals surface area contributed by atoms with Crippen LogP contribution in [0.3, 0.4) is 0 Å². The van der Waals surface area contributed by atoms with Crippen molar-refractivity contribution in [2.24, 2.45) is 0 Å². The van der Waals surface area contributed by atoms with Crippen molar-refractivity contribution in [2.45, 2.75) is 16.2 Å². The molecule has 11 heteroatoms. The van der Waals surface area contributed by atoms with Gasteiger partial charge < -0.3 is 5.32 Å². The van der Waals surface area contributed by atoms with Gasteiger partial charge in [0.15, 0.2) is 4.34 Å². The molecule has 1 amide bonds. The van der Waals surface area contributed by atoms with Crippen LogP contribution in [0.4, 0.5) is 11.5 Å². The maximum atomic E-state index is 12.3. The van der Waals surface area contributed by atoms with Gasteiger partial charge in [0.1, 0.15) is 10.8 Å². The standard InChI is InChI=1S/C16H15N5O3S3/c1-11-19-20-16(26-11)25-10-15(22)18-12-5-7-13(8-6-12)27(23,24)21-14-4-2-3-9-17-14/h2-9H,10H2,1H3,(H,17,21)(H,18,22). The zero-order chi connectivity index (χ0) is 19.3. The minimum Gasteiger partial charge on any atom is -0.325 e. The first kappa shape index (κ1) is 19.3. The Morgan fingerprint density at radius 3 is 2.56 bits per heavy atom. The summed E-state index contributed by atoms with van der Waals surface area (Å²) in [5.74, 6) is 0.213. The highest BCUT2D eigenvalue weighted by atomic mass is 32.2. The van der Waals surface area contributed by atoms with Crippen LogP contribution in [0.15, 0.2) is 57.9 Å². The lowest BCUT2D eigenvalue weighted by atomic mass is 10.3. The number of thioether (sulfide) groups is 1. The number of nitrogens with zero attached hydrogens (tertiary/aromatic N) is 3. The first-order chi connectivity index (χ1) is 12.9. The van der Waals surface area contributed by atoms with Gasteiger partial charge in [-0.15, -0.1) is 10.2 Å². The molecule has 0 spiro atoms. The number of pyridine rings is 1. The van der Waals surface area contributed by atoms with Gasteiger partial charge in [-0.2, -0.15) is 0 Å². The molecule has 3 aromatic rings. The van der Waals surface area contributed by atoms with Crippen LogP contribution in [0.2, 0.25) is 0 Å². The van der Waals surface area contributed by atoms with E-state index in [1.165, 1.54) is 53.6 Å². The Labute approximate surface area is 164 Å². The molecule has 0 fully saturated rings. The van der Waals surface area contributed by atoms with Gasteiger partial charge in [-0.25, -0.2) is 13.4 Å². The van der Waals surface area contributed by atoms with Gasteiger partial charge in [0, 0.05) is 11.9 Å². The van der Waals surface area contributed by atoms with E-state index in [9.17, 15) is 13.2 Å². The highest BCUT2D eigenvalue weighted by Gasteiger charge is 2.15. The van der Waals surface area contributed by atoms with Crippen molar-refractivity contribution >= 4 is 50.5 Å². The summed E-state index contributed by atoms with van der Waals surface area (Å²) in [5.41, 5.74) is 0.505. The molecule has 0 radical (unpaired) electrons. The van der Waals surface area contributed by atoms with Crippen LogP contribution in [0.25, 0.3) is 0 Å². The molecule has 0 atom stereocenters. The molecule has 27 heavy (non-hydrogen) atoms. The van der Waals surface area contributed by atoms with Gasteiger partial charge in [-0.3, -0.25) is 9.52 Å². The Kier molecular flexibility index (Phi) is 6.04. The molecule has 0 saturated carbocycles. The van der Waals surface area contributed by atoms with Gasteiger partial charge in [0.05, 0.1) is 10.6 Å². The predicted molar refractivity (Wildman–Crippen MR) is 105 cm³/mol. The Morgan fingerprint density at radius 1 is 1.15 bits per heavy atom. The van der Waals surface area contributed by atoms with E-state index in [4.69, 9.17) is 0 Å². The van der Waals surface area contributed by atoms with Crippen molar-refractivity contribution in [3.05, 3.63) is 53.7 Å². The summed E-state index contributed by atoms with van der Waals surface area (Å²) in [6.07, 6.45) is 1.50. The van der Waals surface area contributed by atoms with E-state index in [1.807, 2.05) is 6.92 Å². The second-order valence-electron chi connectivity index (χ2n) is 5.27. The largest absolute Gasteiger partial charge is 0.325 e. The Morgan fingerprint density at radius 2 is 1.93 bits per heavy atom. The maximum absolute atomic E-state index is 12.3. The number of hydrogen-bond acceptors (Lipinski definition) is 8. The Hall–Kier alpha value is -2.50. The molecule has 0 bridgehead atoms. The number of carbonyl (C=O) groups excluding carboxylic acids is 1. The topological polar surface area (TPSA) is 114 Å². The number of carbonyl (C=O) groups is 1. The van der Waals surface area contributed by atoms with Crippen molar-refractivity contribution in [1.29, 1.82) is 0 Å². The number of aromatic nitrogens is 3. The van der Waals surface area contributed by atoms with Crippen LogP contribution in [0.5, 0.6) is 0 Å². The quantitative estimate of drug-likeness (QED) is 0.564. The molecule has 0 unspecified atom stereocenters. The molecule has 3 rings (SSSR count). The van der Waals surface area contributed by atoms with Crippen molar-refractivity contribution in [3.63, 3.8) is 0 Å². The summed E-state index contributed by atoms with van der Waals surface area (Å²) in [6, 6.07) is 10.8. The van der Waals surface area contributed by atoms with Crippen LogP contribution < -0.4 is 10.0 Å². The summed E-state index contributed by atoms with van der Waals surface area (Å²) >= 11 is 2.72. The second-order valence-corrected chi connectivity index (χ2v) is 9.36. The molecule has 140 valence electrons. The van der Waals surface area contributed by atoms with Gasteiger partial charge >= 0.3 is 0 Å². The number of sulfonamides is 1. The lowest BCUT2D eigenvalue weighted by Crippen LogP contribution is -2.15. The molecule has 8 nitrogen and oxygen atoms in total. The van der Waals surface area contributed by atoms with E-state index in [-0.39, 0.29) is 22.4 Å². The molecular formula is C16H15N5O3S3. The number of anilines is 2. The summed E-state index contributed by atoms with van der Waals surface area (Å²) in [6.45, 7) is 1.85. The zero-order valence-electron chi connectivity index (χ0n) is 14.1. The smallest absolute Gasteiger partial charge is 0.263 e. The van der Waals surface area contributed by atoms with E-state index in [0.717, 1.165) is 9.35 Å². The predicted octanol–water partition coefficient (Wildman–Crippen LogP) is 2.77. The zero-order valence-corrected chi connectivity index (χ0v) is 16.6. The Balaban J connectivity index is 1.58. The molecule has 0 saturated heterocycles. The molecule has 1 aromatic carbocycles. The number of rotatable bonds is 7. The fourth-order valence-electron chi connectivity index (χ4n) is 2.00. The fraction of sp³-hybridized carbons (Fsp3) is 0.125. The third kappa shape index (κ3) is 5.49. The first-order valence-corrected chi connectivity index (χ1v) is 11.0. The SMILES string of the molecule is Cc1nnc(SCC(=O)Nc2ccc(S(=O)(=O)Nc3ccccn3)cc2)s1. The highest BCUT2D eigenvalue weighted by molar-refractivity contribution is 8.01. The summed E-state index contributed by atoms with van der Waals surface area (Å²) in [5, 5.41) is 11.4.